The maximum atomic E-state index is 5.44. The van der Waals surface area contributed by atoms with Gasteiger partial charge in [-0.05, 0) is 13.0 Å². The van der Waals surface area contributed by atoms with Crippen LogP contribution in [0.1, 0.15) is 20.3 Å². The van der Waals surface area contributed by atoms with Gasteiger partial charge in [-0.2, -0.15) is 0 Å². The molecule has 54 valence electrons. The minimum absolute atomic E-state index is 0. The fourth-order valence-corrected chi connectivity index (χ4v) is 0.591. The lowest BCUT2D eigenvalue weighted by Gasteiger charge is -2.04. The highest BCUT2D eigenvalue weighted by Crippen LogP contribution is 1.82. The maximum Gasteiger partial charge on any atom is 0.316 e. The zero-order valence-corrected chi connectivity index (χ0v) is 6.33. The third-order valence-corrected chi connectivity index (χ3v) is 1.13. The van der Waals surface area contributed by atoms with E-state index in [4.69, 9.17) is 11.6 Å². The van der Waals surface area contributed by atoms with Gasteiger partial charge in [-0.3, -0.25) is 0 Å². The first-order valence-corrected chi connectivity index (χ1v) is 3.60. The lowest BCUT2D eigenvalue weighted by atomic mass is 10.4. The van der Waals surface area contributed by atoms with Gasteiger partial charge in [0.05, 0.1) is 0 Å². The molecule has 0 aliphatic heterocycles. The van der Waals surface area contributed by atoms with Gasteiger partial charge in [0.2, 0.25) is 0 Å². The minimum atomic E-state index is 0. The standard InChI is InChI=1S/C6H14ClN.Mg.2H/c1-6(2)8-5-3-4-7;;;/h6,8H,3-5H2,1-2H3;;;. The highest BCUT2D eigenvalue weighted by atomic mass is 35.5. The summed E-state index contributed by atoms with van der Waals surface area (Å²) in [6.07, 6.45) is 1.07. The molecule has 0 heterocycles. The molecule has 0 fully saturated rings. The topological polar surface area (TPSA) is 12.0 Å². The van der Waals surface area contributed by atoms with Crippen molar-refractivity contribution in [1.29, 1.82) is 0 Å². The van der Waals surface area contributed by atoms with E-state index in [1.54, 1.807) is 0 Å². The van der Waals surface area contributed by atoms with E-state index in [0.717, 1.165) is 18.8 Å². The molecule has 1 nitrogen and oxygen atoms in total. The van der Waals surface area contributed by atoms with E-state index >= 15 is 0 Å². The predicted octanol–water partition coefficient (Wildman–Crippen LogP) is 0.697. The van der Waals surface area contributed by atoms with Crippen molar-refractivity contribution in [1.82, 2.24) is 5.32 Å². The van der Waals surface area contributed by atoms with Gasteiger partial charge in [0.15, 0.2) is 0 Å². The maximum absolute atomic E-state index is 5.44. The van der Waals surface area contributed by atoms with Gasteiger partial charge >= 0.3 is 23.1 Å². The first-order valence-electron chi connectivity index (χ1n) is 3.06. The number of nitrogens with one attached hydrogen (secondary N) is 1. The Balaban J connectivity index is 0. The molecule has 0 aromatic carbocycles. The van der Waals surface area contributed by atoms with Gasteiger partial charge in [0, 0.05) is 11.9 Å². The molecule has 0 spiro atoms. The van der Waals surface area contributed by atoms with E-state index < -0.39 is 0 Å². The van der Waals surface area contributed by atoms with Crippen molar-refractivity contribution in [3.05, 3.63) is 0 Å². The molecule has 0 aliphatic carbocycles. The van der Waals surface area contributed by atoms with Crippen LogP contribution in [0.3, 0.4) is 0 Å². The first-order chi connectivity index (χ1) is 3.77. The Labute approximate surface area is 78.7 Å². The molecule has 0 bridgehead atoms. The van der Waals surface area contributed by atoms with E-state index in [1.165, 1.54) is 0 Å². The van der Waals surface area contributed by atoms with Crippen LogP contribution in [-0.4, -0.2) is 41.5 Å². The van der Waals surface area contributed by atoms with Crippen LogP contribution in [0.25, 0.3) is 0 Å². The van der Waals surface area contributed by atoms with E-state index in [2.05, 4.69) is 19.2 Å². The summed E-state index contributed by atoms with van der Waals surface area (Å²) >= 11 is 5.44. The predicted molar refractivity (Wildman–Crippen MR) is 47.0 cm³/mol. The van der Waals surface area contributed by atoms with Crippen molar-refractivity contribution in [3.63, 3.8) is 0 Å². The third-order valence-electron chi connectivity index (χ3n) is 0.863. The van der Waals surface area contributed by atoms with E-state index in [9.17, 15) is 0 Å². The van der Waals surface area contributed by atoms with Crippen molar-refractivity contribution in [2.45, 2.75) is 26.3 Å². The highest BCUT2D eigenvalue weighted by Gasteiger charge is 1.88. The summed E-state index contributed by atoms with van der Waals surface area (Å²) in [6, 6.07) is 0.596. The molecule has 0 aromatic rings. The van der Waals surface area contributed by atoms with Gasteiger partial charge in [-0.25, -0.2) is 0 Å². The minimum Gasteiger partial charge on any atom is -0.314 e. The van der Waals surface area contributed by atoms with Crippen molar-refractivity contribution >= 4 is 34.7 Å². The Hall–Kier alpha value is 1.02. The van der Waals surface area contributed by atoms with Crippen LogP contribution in [0.4, 0.5) is 0 Å². The molecule has 9 heavy (non-hydrogen) atoms. The Morgan fingerprint density at radius 1 is 1.44 bits per heavy atom. The molecule has 0 aromatic heterocycles. The summed E-state index contributed by atoms with van der Waals surface area (Å²) in [6.45, 7) is 5.31. The summed E-state index contributed by atoms with van der Waals surface area (Å²) in [5, 5.41) is 3.26. The SMILES string of the molecule is CC(C)NCCCCl.[MgH2]. The van der Waals surface area contributed by atoms with Crippen LogP contribution in [0.5, 0.6) is 0 Å². The average molecular weight is 162 g/mol. The molecule has 0 amide bonds. The number of rotatable bonds is 4. The van der Waals surface area contributed by atoms with Crippen molar-refractivity contribution in [2.75, 3.05) is 12.4 Å². The summed E-state index contributed by atoms with van der Waals surface area (Å²) in [5.41, 5.74) is 0. The van der Waals surface area contributed by atoms with Crippen LogP contribution in [0.15, 0.2) is 0 Å². The largest absolute Gasteiger partial charge is 0.316 e. The molecule has 0 saturated heterocycles. The Morgan fingerprint density at radius 3 is 2.33 bits per heavy atom. The van der Waals surface area contributed by atoms with E-state index in [-0.39, 0.29) is 23.1 Å². The number of alkyl halides is 1. The van der Waals surface area contributed by atoms with Crippen molar-refractivity contribution < 1.29 is 0 Å². The van der Waals surface area contributed by atoms with Gasteiger partial charge in [0.25, 0.3) is 0 Å². The second-order valence-corrected chi connectivity index (χ2v) is 2.53. The fraction of sp³-hybridized carbons (Fsp3) is 1.00. The quantitative estimate of drug-likeness (QED) is 0.364. The van der Waals surface area contributed by atoms with Crippen LogP contribution in [-0.2, 0) is 0 Å². The molecule has 0 unspecified atom stereocenters. The molecule has 0 aliphatic rings. The van der Waals surface area contributed by atoms with Gasteiger partial charge < -0.3 is 5.32 Å². The van der Waals surface area contributed by atoms with E-state index in [1.807, 2.05) is 0 Å². The molecule has 0 radical (unpaired) electrons. The lowest BCUT2D eigenvalue weighted by Crippen LogP contribution is -2.23. The zero-order chi connectivity index (χ0) is 6.41. The van der Waals surface area contributed by atoms with Crippen LogP contribution in [0.2, 0.25) is 0 Å². The second kappa shape index (κ2) is 9.02. The van der Waals surface area contributed by atoms with Crippen LogP contribution < -0.4 is 5.32 Å². The van der Waals surface area contributed by atoms with Crippen LogP contribution >= 0.6 is 11.6 Å². The highest BCUT2D eigenvalue weighted by molar-refractivity contribution is 6.17. The monoisotopic (exact) mass is 161 g/mol. The zero-order valence-electron chi connectivity index (χ0n) is 5.58. The summed E-state index contributed by atoms with van der Waals surface area (Å²) in [7, 11) is 0. The number of hydrogen-bond donors (Lipinski definition) is 1. The Bertz CT molecular complexity index is 50.3. The summed E-state index contributed by atoms with van der Waals surface area (Å²) in [5.74, 6) is 0.764. The van der Waals surface area contributed by atoms with Crippen molar-refractivity contribution in [3.8, 4) is 0 Å². The average Bonchev–Trinajstić information content (AvgIpc) is 1.66. The van der Waals surface area contributed by atoms with E-state index in [0.29, 0.717) is 6.04 Å². The molecule has 1 N–H and O–H groups in total. The smallest absolute Gasteiger partial charge is 0.314 e. The molecule has 0 rings (SSSR count). The molecule has 3 heteroatoms. The van der Waals surface area contributed by atoms with Gasteiger partial charge in [-0.1, -0.05) is 13.8 Å². The van der Waals surface area contributed by atoms with Crippen molar-refractivity contribution in [2.24, 2.45) is 0 Å². The Kier molecular flexibility index (Phi) is 12.7. The molecular formula is C6H16ClMgN. The lowest BCUT2D eigenvalue weighted by molar-refractivity contribution is 0.585. The molecular weight excluding hydrogens is 146 g/mol. The van der Waals surface area contributed by atoms with Gasteiger partial charge in [-0.15, -0.1) is 11.6 Å². The summed E-state index contributed by atoms with van der Waals surface area (Å²) < 4.78 is 0. The normalized spacial score (nSPS) is 9.33. The fourth-order valence-electron chi connectivity index (χ4n) is 0.458. The molecule has 0 saturated carbocycles. The van der Waals surface area contributed by atoms with Gasteiger partial charge in [0.1, 0.15) is 0 Å². The second-order valence-electron chi connectivity index (χ2n) is 2.15. The van der Waals surface area contributed by atoms with Crippen LogP contribution in [0, 0.1) is 0 Å². The summed E-state index contributed by atoms with van der Waals surface area (Å²) in [4.78, 5) is 0. The first kappa shape index (κ1) is 12.7. The third kappa shape index (κ3) is 12.3. The number of halogens is 1. The number of hydrogen-bond acceptors (Lipinski definition) is 1. The Morgan fingerprint density at radius 2 is 2.00 bits per heavy atom. The molecule has 0 atom stereocenters.